The molecule has 7 nitrogen and oxygen atoms in total. The summed E-state index contributed by atoms with van der Waals surface area (Å²) in [6.07, 6.45) is 2.25. The molecule has 1 amide bonds. The zero-order valence-corrected chi connectivity index (χ0v) is 15.1. The van der Waals surface area contributed by atoms with Crippen LogP contribution in [0.3, 0.4) is 0 Å². The molecule has 2 N–H and O–H groups in total. The molecule has 2 unspecified atom stereocenters. The zero-order chi connectivity index (χ0) is 18.8. The average Bonchev–Trinajstić information content (AvgIpc) is 2.65. The fourth-order valence-electron chi connectivity index (χ4n) is 2.91. The normalized spacial score (nSPS) is 18.0. The highest BCUT2D eigenvalue weighted by Crippen LogP contribution is 2.26. The van der Waals surface area contributed by atoms with E-state index in [4.69, 9.17) is 14.2 Å². The van der Waals surface area contributed by atoms with E-state index < -0.39 is 12.0 Å². The van der Waals surface area contributed by atoms with Crippen molar-refractivity contribution in [1.82, 2.24) is 5.32 Å². The van der Waals surface area contributed by atoms with Gasteiger partial charge in [0.25, 0.3) is 0 Å². The molecule has 7 heteroatoms. The first-order chi connectivity index (χ1) is 12.6. The molecule has 2 atom stereocenters. The smallest absolute Gasteiger partial charge is 0.326 e. The number of ether oxygens (including phenoxy) is 3. The van der Waals surface area contributed by atoms with Gasteiger partial charge in [-0.1, -0.05) is 12.1 Å². The standard InChI is InChI=1S/C19H27NO6/c1-2-25-15-8-3-4-9-16(15)26-12-6-10-17(21)20-18(19(22)23)14-7-5-11-24-13-14/h3-4,8-9,14,18H,2,5-7,10-13H2,1H3,(H,20,21)(H,22,23). The van der Waals surface area contributed by atoms with E-state index in [-0.39, 0.29) is 18.2 Å². The number of carboxylic acid groups (broad SMARTS) is 1. The molecule has 0 bridgehead atoms. The number of aliphatic carboxylic acids is 1. The fraction of sp³-hybridized carbons (Fsp3) is 0.579. The third kappa shape index (κ3) is 6.22. The number of carbonyl (C=O) groups excluding carboxylic acids is 1. The molecule has 1 fully saturated rings. The number of benzene rings is 1. The lowest BCUT2D eigenvalue weighted by Crippen LogP contribution is -2.48. The summed E-state index contributed by atoms with van der Waals surface area (Å²) in [5, 5.41) is 12.0. The lowest BCUT2D eigenvalue weighted by atomic mass is 9.93. The van der Waals surface area contributed by atoms with Crippen LogP contribution in [-0.4, -0.2) is 49.5 Å². The Morgan fingerprint density at radius 3 is 2.65 bits per heavy atom. The summed E-state index contributed by atoms with van der Waals surface area (Å²) in [4.78, 5) is 23.5. The van der Waals surface area contributed by atoms with Crippen molar-refractivity contribution in [1.29, 1.82) is 0 Å². The van der Waals surface area contributed by atoms with Crippen LogP contribution in [0.2, 0.25) is 0 Å². The van der Waals surface area contributed by atoms with Crippen molar-refractivity contribution in [3.8, 4) is 11.5 Å². The van der Waals surface area contributed by atoms with Crippen molar-refractivity contribution in [3.63, 3.8) is 0 Å². The number of para-hydroxylation sites is 2. The molecule has 1 aromatic rings. The van der Waals surface area contributed by atoms with Crippen molar-refractivity contribution in [3.05, 3.63) is 24.3 Å². The Bertz CT molecular complexity index is 585. The Morgan fingerprint density at radius 2 is 2.04 bits per heavy atom. The van der Waals surface area contributed by atoms with E-state index in [2.05, 4.69) is 5.32 Å². The second-order valence-electron chi connectivity index (χ2n) is 6.19. The van der Waals surface area contributed by atoms with E-state index in [1.54, 1.807) is 0 Å². The van der Waals surface area contributed by atoms with Crippen LogP contribution >= 0.6 is 0 Å². The fourth-order valence-corrected chi connectivity index (χ4v) is 2.91. The molecule has 1 heterocycles. The van der Waals surface area contributed by atoms with Gasteiger partial charge in [-0.3, -0.25) is 4.79 Å². The minimum atomic E-state index is -1.02. The van der Waals surface area contributed by atoms with Crippen molar-refractivity contribution >= 4 is 11.9 Å². The minimum Gasteiger partial charge on any atom is -0.490 e. The third-order valence-corrected chi connectivity index (χ3v) is 4.20. The van der Waals surface area contributed by atoms with Gasteiger partial charge in [0.15, 0.2) is 11.5 Å². The van der Waals surface area contributed by atoms with Crippen molar-refractivity contribution in [2.24, 2.45) is 5.92 Å². The predicted octanol–water partition coefficient (Wildman–Crippen LogP) is 2.24. The summed E-state index contributed by atoms with van der Waals surface area (Å²) < 4.78 is 16.5. The predicted molar refractivity (Wildman–Crippen MR) is 95.4 cm³/mol. The monoisotopic (exact) mass is 365 g/mol. The minimum absolute atomic E-state index is 0.181. The van der Waals surface area contributed by atoms with Gasteiger partial charge in [0, 0.05) is 18.9 Å². The van der Waals surface area contributed by atoms with Gasteiger partial charge < -0.3 is 24.6 Å². The molecule has 144 valence electrons. The lowest BCUT2D eigenvalue weighted by Gasteiger charge is -2.28. The summed E-state index contributed by atoms with van der Waals surface area (Å²) in [7, 11) is 0. The van der Waals surface area contributed by atoms with Gasteiger partial charge in [-0.2, -0.15) is 0 Å². The van der Waals surface area contributed by atoms with Crippen LogP contribution in [-0.2, 0) is 14.3 Å². The average molecular weight is 365 g/mol. The summed E-state index contributed by atoms with van der Waals surface area (Å²) >= 11 is 0. The molecular weight excluding hydrogens is 338 g/mol. The SMILES string of the molecule is CCOc1ccccc1OCCCC(=O)NC(C(=O)O)C1CCCOC1. The molecule has 0 aliphatic carbocycles. The molecule has 0 spiro atoms. The van der Waals surface area contributed by atoms with Gasteiger partial charge in [0.05, 0.1) is 19.8 Å². The van der Waals surface area contributed by atoms with E-state index in [1.165, 1.54) is 0 Å². The number of rotatable bonds is 10. The van der Waals surface area contributed by atoms with Crippen LogP contribution in [0.25, 0.3) is 0 Å². The second-order valence-corrected chi connectivity index (χ2v) is 6.19. The maximum Gasteiger partial charge on any atom is 0.326 e. The third-order valence-electron chi connectivity index (χ3n) is 4.20. The Kier molecular flexibility index (Phi) is 8.21. The number of amides is 1. The summed E-state index contributed by atoms with van der Waals surface area (Å²) in [6, 6.07) is 6.46. The summed E-state index contributed by atoms with van der Waals surface area (Å²) in [6.45, 7) is 3.81. The molecule has 0 aromatic heterocycles. The van der Waals surface area contributed by atoms with Crippen molar-refractivity contribution in [2.75, 3.05) is 26.4 Å². The van der Waals surface area contributed by atoms with E-state index in [9.17, 15) is 14.7 Å². The molecule has 2 rings (SSSR count). The van der Waals surface area contributed by atoms with Crippen LogP contribution < -0.4 is 14.8 Å². The van der Waals surface area contributed by atoms with Gasteiger partial charge in [0.2, 0.25) is 5.91 Å². The van der Waals surface area contributed by atoms with Crippen LogP contribution in [0.5, 0.6) is 11.5 Å². The highest BCUT2D eigenvalue weighted by molar-refractivity contribution is 5.83. The van der Waals surface area contributed by atoms with Gasteiger partial charge >= 0.3 is 5.97 Å². The number of nitrogens with one attached hydrogen (secondary N) is 1. The van der Waals surface area contributed by atoms with E-state index >= 15 is 0 Å². The molecule has 0 radical (unpaired) electrons. The number of carbonyl (C=O) groups is 2. The topological polar surface area (TPSA) is 94.1 Å². The van der Waals surface area contributed by atoms with Crippen molar-refractivity contribution < 1.29 is 28.9 Å². The maximum atomic E-state index is 12.1. The van der Waals surface area contributed by atoms with E-state index in [1.807, 2.05) is 31.2 Å². The molecule has 0 saturated carbocycles. The van der Waals surface area contributed by atoms with Crippen LogP contribution in [0.1, 0.15) is 32.6 Å². The molecule has 26 heavy (non-hydrogen) atoms. The largest absolute Gasteiger partial charge is 0.490 e. The summed E-state index contributed by atoms with van der Waals surface area (Å²) in [5.74, 6) is -0.180. The number of hydrogen-bond donors (Lipinski definition) is 2. The van der Waals surface area contributed by atoms with Crippen LogP contribution in [0, 0.1) is 5.92 Å². The highest BCUT2D eigenvalue weighted by atomic mass is 16.5. The number of hydrogen-bond acceptors (Lipinski definition) is 5. The highest BCUT2D eigenvalue weighted by Gasteiger charge is 2.31. The molecule has 1 saturated heterocycles. The molecular formula is C19H27NO6. The lowest BCUT2D eigenvalue weighted by molar-refractivity contribution is -0.145. The molecule has 1 aliphatic heterocycles. The summed E-state index contributed by atoms with van der Waals surface area (Å²) in [5.41, 5.74) is 0. The second kappa shape index (κ2) is 10.7. The Balaban J connectivity index is 1.75. The van der Waals surface area contributed by atoms with Crippen LogP contribution in [0.4, 0.5) is 0 Å². The van der Waals surface area contributed by atoms with Gasteiger partial charge in [-0.15, -0.1) is 0 Å². The Labute approximate surface area is 153 Å². The Morgan fingerprint density at radius 1 is 1.31 bits per heavy atom. The maximum absolute atomic E-state index is 12.1. The van der Waals surface area contributed by atoms with Gasteiger partial charge in [-0.25, -0.2) is 4.79 Å². The van der Waals surface area contributed by atoms with E-state index in [0.29, 0.717) is 44.3 Å². The van der Waals surface area contributed by atoms with Crippen LogP contribution in [0.15, 0.2) is 24.3 Å². The quantitative estimate of drug-likeness (QED) is 0.618. The number of carboxylic acids is 1. The first-order valence-corrected chi connectivity index (χ1v) is 9.06. The van der Waals surface area contributed by atoms with E-state index in [0.717, 1.165) is 12.8 Å². The van der Waals surface area contributed by atoms with Gasteiger partial charge in [0.1, 0.15) is 6.04 Å². The molecule has 1 aliphatic rings. The first-order valence-electron chi connectivity index (χ1n) is 9.06. The van der Waals surface area contributed by atoms with Gasteiger partial charge in [-0.05, 0) is 38.3 Å². The van der Waals surface area contributed by atoms with Crippen molar-refractivity contribution in [2.45, 2.75) is 38.6 Å². The first kappa shape index (κ1) is 20.0. The zero-order valence-electron chi connectivity index (χ0n) is 15.1. The molecule has 1 aromatic carbocycles. The Hall–Kier alpha value is -2.28.